The van der Waals surface area contributed by atoms with Crippen molar-refractivity contribution in [2.75, 3.05) is 4.90 Å². The van der Waals surface area contributed by atoms with Gasteiger partial charge in [0.25, 0.3) is 0 Å². The molecule has 0 saturated heterocycles. The fraction of sp³-hybridized carbons (Fsp3) is 0.0182. The molecule has 1 aromatic heterocycles. The maximum Gasteiger partial charge on any atom is 0.0727 e. The Hall–Kier alpha value is -7.00. The summed E-state index contributed by atoms with van der Waals surface area (Å²) in [6, 6.07) is 78.6. The van der Waals surface area contributed by atoms with Gasteiger partial charge in [0.05, 0.1) is 5.41 Å². The molecule has 1 unspecified atom stereocenters. The van der Waals surface area contributed by atoms with E-state index in [2.05, 4.69) is 217 Å². The smallest absolute Gasteiger partial charge is 0.0727 e. The first-order valence-corrected chi connectivity index (χ1v) is 20.5. The van der Waals surface area contributed by atoms with E-state index in [-0.39, 0.29) is 0 Å². The molecular weight excluding hydrogens is 707 g/mol. The van der Waals surface area contributed by atoms with Gasteiger partial charge in [-0.25, -0.2) is 0 Å². The first kappa shape index (κ1) is 32.3. The van der Waals surface area contributed by atoms with Gasteiger partial charge in [-0.05, 0) is 110 Å². The minimum absolute atomic E-state index is 0.513. The van der Waals surface area contributed by atoms with Crippen LogP contribution in [0.25, 0.3) is 64.7 Å². The summed E-state index contributed by atoms with van der Waals surface area (Å²) in [6.45, 7) is 0. The number of nitrogens with zero attached hydrogens (tertiary/aromatic N) is 1. The van der Waals surface area contributed by atoms with Gasteiger partial charge in [-0.2, -0.15) is 0 Å². The molecule has 0 fully saturated rings. The monoisotopic (exact) mass is 741 g/mol. The molecule has 57 heavy (non-hydrogen) atoms. The third kappa shape index (κ3) is 4.68. The molecule has 0 saturated carbocycles. The largest absolute Gasteiger partial charge is 0.310 e. The van der Waals surface area contributed by atoms with Gasteiger partial charge in [-0.3, -0.25) is 0 Å². The normalized spacial score (nSPS) is 14.7. The van der Waals surface area contributed by atoms with Crippen molar-refractivity contribution in [2.45, 2.75) is 5.41 Å². The van der Waals surface area contributed by atoms with E-state index in [0.717, 1.165) is 17.1 Å². The Labute approximate surface area is 336 Å². The van der Waals surface area contributed by atoms with E-state index in [1.54, 1.807) is 0 Å². The quantitative estimate of drug-likeness (QED) is 0.170. The zero-order valence-corrected chi connectivity index (χ0v) is 31.9. The van der Waals surface area contributed by atoms with Crippen molar-refractivity contribution in [3.05, 3.63) is 235 Å². The molecule has 0 aliphatic heterocycles. The molecule has 0 bridgehead atoms. The molecule has 1 spiro atoms. The second-order valence-electron chi connectivity index (χ2n) is 15.2. The lowest BCUT2D eigenvalue weighted by Gasteiger charge is -2.32. The predicted molar refractivity (Wildman–Crippen MR) is 241 cm³/mol. The first-order chi connectivity index (χ1) is 28.3. The number of thiophene rings is 1. The molecule has 266 valence electrons. The van der Waals surface area contributed by atoms with Crippen molar-refractivity contribution >= 4 is 48.6 Å². The van der Waals surface area contributed by atoms with Crippen LogP contribution in [0.3, 0.4) is 0 Å². The van der Waals surface area contributed by atoms with Crippen LogP contribution in [0.5, 0.6) is 0 Å². The Kier molecular flexibility index (Phi) is 7.08. The summed E-state index contributed by atoms with van der Waals surface area (Å²) < 4.78 is 2.70. The minimum Gasteiger partial charge on any atom is -0.310 e. The predicted octanol–water partition coefficient (Wildman–Crippen LogP) is 15.2. The van der Waals surface area contributed by atoms with Crippen LogP contribution in [-0.2, 0) is 5.41 Å². The topological polar surface area (TPSA) is 3.24 Å². The van der Waals surface area contributed by atoms with Crippen molar-refractivity contribution < 1.29 is 0 Å². The molecule has 2 heteroatoms. The third-order valence-electron chi connectivity index (χ3n) is 12.3. The second-order valence-corrected chi connectivity index (χ2v) is 16.3. The number of rotatable bonds is 5. The summed E-state index contributed by atoms with van der Waals surface area (Å²) in [7, 11) is 0. The van der Waals surface area contributed by atoms with Gasteiger partial charge in [0.15, 0.2) is 0 Å². The van der Waals surface area contributed by atoms with E-state index in [1.165, 1.54) is 86.9 Å². The number of anilines is 3. The zero-order chi connectivity index (χ0) is 37.5. The fourth-order valence-electron chi connectivity index (χ4n) is 9.84. The molecule has 1 nitrogen and oxygen atoms in total. The highest BCUT2D eigenvalue weighted by Crippen LogP contribution is 2.65. The minimum atomic E-state index is -0.513. The number of para-hydroxylation sites is 1. The number of hydrogen-bond donors (Lipinski definition) is 0. The summed E-state index contributed by atoms with van der Waals surface area (Å²) in [6.07, 6.45) is 0. The molecule has 1 heterocycles. The summed E-state index contributed by atoms with van der Waals surface area (Å²) in [5.41, 5.74) is 18.4. The van der Waals surface area contributed by atoms with Gasteiger partial charge in [-0.1, -0.05) is 164 Å². The van der Waals surface area contributed by atoms with Crippen molar-refractivity contribution in [1.82, 2.24) is 0 Å². The summed E-state index contributed by atoms with van der Waals surface area (Å²) in [4.78, 5) is 2.41. The van der Waals surface area contributed by atoms with Gasteiger partial charge < -0.3 is 4.90 Å². The van der Waals surface area contributed by atoms with Gasteiger partial charge in [0.1, 0.15) is 0 Å². The van der Waals surface area contributed by atoms with Crippen LogP contribution in [0, 0.1) is 0 Å². The number of fused-ring (bicyclic) bond motifs is 14. The number of hydrogen-bond acceptors (Lipinski definition) is 2. The molecular formula is C55H35NS. The molecule has 0 amide bonds. The van der Waals surface area contributed by atoms with Crippen molar-refractivity contribution in [3.63, 3.8) is 0 Å². The highest BCUT2D eigenvalue weighted by Gasteiger charge is 2.52. The van der Waals surface area contributed by atoms with E-state index in [4.69, 9.17) is 0 Å². The van der Waals surface area contributed by atoms with E-state index in [9.17, 15) is 0 Å². The summed E-state index contributed by atoms with van der Waals surface area (Å²) in [5.74, 6) is 0. The number of benzene rings is 9. The molecule has 2 aliphatic carbocycles. The highest BCUT2D eigenvalue weighted by atomic mass is 32.1. The lowest BCUT2D eigenvalue weighted by molar-refractivity contribution is 0.794. The van der Waals surface area contributed by atoms with E-state index in [0.29, 0.717) is 0 Å². The van der Waals surface area contributed by atoms with Gasteiger partial charge in [0, 0.05) is 42.8 Å². The van der Waals surface area contributed by atoms with Crippen molar-refractivity contribution in [3.8, 4) is 44.5 Å². The Morgan fingerprint density at radius 1 is 0.333 bits per heavy atom. The van der Waals surface area contributed by atoms with Crippen LogP contribution in [0.15, 0.2) is 212 Å². The van der Waals surface area contributed by atoms with Gasteiger partial charge in [0.2, 0.25) is 0 Å². The highest BCUT2D eigenvalue weighted by molar-refractivity contribution is 7.26. The molecule has 1 atom stereocenters. The van der Waals surface area contributed by atoms with Crippen molar-refractivity contribution in [1.29, 1.82) is 0 Å². The van der Waals surface area contributed by atoms with Crippen molar-refractivity contribution in [2.24, 2.45) is 0 Å². The van der Waals surface area contributed by atoms with Crippen LogP contribution in [0.1, 0.15) is 22.3 Å². The molecule has 12 rings (SSSR count). The van der Waals surface area contributed by atoms with Gasteiger partial charge in [-0.15, -0.1) is 11.3 Å². The second kappa shape index (κ2) is 12.5. The van der Waals surface area contributed by atoms with E-state index in [1.807, 2.05) is 11.3 Å². The molecule has 2 aliphatic rings. The standard InChI is InChI=1S/C55H35NS/c1-4-14-36(15-5-1)38-24-27-41(28-25-38)56(40-18-8-3-9-19-40)42-29-31-44-43-30-26-39(37-16-6-2-7-17-37)34-50(43)55(51(44)35-42)48-22-12-10-21-47(48)53-49(55)33-32-46-45-20-11-13-23-52(45)57-54(46)53/h1-35H. The maximum atomic E-state index is 2.50. The molecule has 10 aromatic rings. The Morgan fingerprint density at radius 2 is 0.895 bits per heavy atom. The molecule has 0 radical (unpaired) electrons. The Balaban J connectivity index is 1.14. The van der Waals surface area contributed by atoms with Crippen LogP contribution >= 0.6 is 11.3 Å². The lowest BCUT2D eigenvalue weighted by atomic mass is 9.70. The Bertz CT molecular complexity index is 3160. The SMILES string of the molecule is c1ccc(-c2ccc(N(c3ccccc3)c3ccc4c(c3)C3(c5cc(-c6ccccc6)ccc5-4)c4ccccc4-c4c3ccc3c4sc4ccccc43)cc2)cc1. The third-order valence-corrected chi connectivity index (χ3v) is 13.5. The fourth-order valence-corrected chi connectivity index (χ4v) is 11.1. The summed E-state index contributed by atoms with van der Waals surface area (Å²) >= 11 is 1.93. The van der Waals surface area contributed by atoms with E-state index >= 15 is 0 Å². The Morgan fingerprint density at radius 3 is 1.67 bits per heavy atom. The van der Waals surface area contributed by atoms with Gasteiger partial charge >= 0.3 is 0 Å². The van der Waals surface area contributed by atoms with E-state index < -0.39 is 5.41 Å². The van der Waals surface area contributed by atoms with Crippen LogP contribution in [-0.4, -0.2) is 0 Å². The van der Waals surface area contributed by atoms with Crippen LogP contribution < -0.4 is 4.90 Å². The average molecular weight is 742 g/mol. The maximum absolute atomic E-state index is 2.50. The molecule has 0 N–H and O–H groups in total. The van der Waals surface area contributed by atoms with Crippen LogP contribution in [0.2, 0.25) is 0 Å². The lowest BCUT2D eigenvalue weighted by Crippen LogP contribution is -2.26. The zero-order valence-electron chi connectivity index (χ0n) is 31.1. The van der Waals surface area contributed by atoms with Crippen LogP contribution in [0.4, 0.5) is 17.1 Å². The first-order valence-electron chi connectivity index (χ1n) is 19.7. The average Bonchev–Trinajstić information content (AvgIpc) is 3.91. The summed E-state index contributed by atoms with van der Waals surface area (Å²) in [5, 5.41) is 2.66. The molecule has 9 aromatic carbocycles.